The number of halogens is 2. The van der Waals surface area contributed by atoms with Gasteiger partial charge in [0.25, 0.3) is 0 Å². The predicted octanol–water partition coefficient (Wildman–Crippen LogP) is 3.61. The van der Waals surface area contributed by atoms with Gasteiger partial charge in [-0.1, -0.05) is 26.7 Å². The zero-order valence-corrected chi connectivity index (χ0v) is 9.68. The summed E-state index contributed by atoms with van der Waals surface area (Å²) < 4.78 is 25.8. The van der Waals surface area contributed by atoms with Gasteiger partial charge in [0.15, 0.2) is 0 Å². The summed E-state index contributed by atoms with van der Waals surface area (Å²) in [6, 6.07) is 0. The summed E-state index contributed by atoms with van der Waals surface area (Å²) in [6.07, 6.45) is 2.35. The molecule has 0 aromatic heterocycles. The molecule has 1 unspecified atom stereocenters. The first-order valence-electron chi connectivity index (χ1n) is 6.06. The molecule has 0 aromatic rings. The van der Waals surface area contributed by atoms with Crippen molar-refractivity contribution in [2.24, 2.45) is 11.8 Å². The van der Waals surface area contributed by atoms with Crippen LogP contribution in [0, 0.1) is 11.8 Å². The second-order valence-electron chi connectivity index (χ2n) is 4.76. The topological polar surface area (TPSA) is 20.2 Å². The Kier molecular flexibility index (Phi) is 4.50. The third-order valence-corrected chi connectivity index (χ3v) is 3.78. The van der Waals surface area contributed by atoms with Crippen LogP contribution in [0.1, 0.15) is 52.4 Å². The average molecular weight is 220 g/mol. The highest BCUT2D eigenvalue weighted by Crippen LogP contribution is 2.39. The van der Waals surface area contributed by atoms with Crippen LogP contribution >= 0.6 is 0 Å². The molecule has 1 aliphatic rings. The Morgan fingerprint density at radius 2 is 1.67 bits per heavy atom. The van der Waals surface area contributed by atoms with Gasteiger partial charge in [-0.25, -0.2) is 8.78 Å². The molecule has 15 heavy (non-hydrogen) atoms. The van der Waals surface area contributed by atoms with Crippen LogP contribution in [0.4, 0.5) is 8.78 Å². The summed E-state index contributed by atoms with van der Waals surface area (Å²) in [6.45, 7) is 4.10. The lowest BCUT2D eigenvalue weighted by Crippen LogP contribution is -2.35. The van der Waals surface area contributed by atoms with Crippen molar-refractivity contribution in [2.45, 2.75) is 64.4 Å². The molecule has 0 aromatic carbocycles. The van der Waals surface area contributed by atoms with Crippen LogP contribution in [0.3, 0.4) is 0 Å². The normalized spacial score (nSPS) is 24.4. The van der Waals surface area contributed by atoms with Crippen molar-refractivity contribution in [3.8, 4) is 0 Å². The average Bonchev–Trinajstić information content (AvgIpc) is 2.19. The Balaban J connectivity index is 2.45. The van der Waals surface area contributed by atoms with Crippen molar-refractivity contribution in [3.05, 3.63) is 0 Å². The summed E-state index contributed by atoms with van der Waals surface area (Å²) in [5.41, 5.74) is 0. The Bertz CT molecular complexity index is 180. The maximum atomic E-state index is 12.9. The first kappa shape index (κ1) is 12.9. The third-order valence-electron chi connectivity index (χ3n) is 3.78. The van der Waals surface area contributed by atoms with Crippen molar-refractivity contribution < 1.29 is 13.9 Å². The van der Waals surface area contributed by atoms with E-state index in [1.165, 1.54) is 0 Å². The standard InChI is InChI=1S/C12H22F2O/c1-3-9(4-2)11(15)10-5-7-12(13,14)8-6-10/h9-11,15H,3-8H2,1-2H3. The van der Waals surface area contributed by atoms with Gasteiger partial charge in [0.1, 0.15) is 0 Å². The fraction of sp³-hybridized carbons (Fsp3) is 1.00. The second-order valence-corrected chi connectivity index (χ2v) is 4.76. The third kappa shape index (κ3) is 3.40. The van der Waals surface area contributed by atoms with Crippen molar-refractivity contribution in [3.63, 3.8) is 0 Å². The zero-order valence-electron chi connectivity index (χ0n) is 9.68. The summed E-state index contributed by atoms with van der Waals surface area (Å²) in [4.78, 5) is 0. The molecular formula is C12H22F2O. The molecule has 0 amide bonds. The van der Waals surface area contributed by atoms with Crippen molar-refractivity contribution in [1.29, 1.82) is 0 Å². The Morgan fingerprint density at radius 1 is 1.20 bits per heavy atom. The molecule has 1 nitrogen and oxygen atoms in total. The molecule has 0 bridgehead atoms. The van der Waals surface area contributed by atoms with Crippen molar-refractivity contribution in [2.75, 3.05) is 0 Å². The maximum absolute atomic E-state index is 12.9. The van der Waals surface area contributed by atoms with Crippen LogP contribution in [0.5, 0.6) is 0 Å². The maximum Gasteiger partial charge on any atom is 0.248 e. The predicted molar refractivity (Wildman–Crippen MR) is 57.0 cm³/mol. The van der Waals surface area contributed by atoms with Crippen LogP contribution in [0.2, 0.25) is 0 Å². The van der Waals surface area contributed by atoms with E-state index in [4.69, 9.17) is 0 Å². The monoisotopic (exact) mass is 220 g/mol. The van der Waals surface area contributed by atoms with E-state index in [1.807, 2.05) is 0 Å². The van der Waals surface area contributed by atoms with E-state index in [0.717, 1.165) is 12.8 Å². The molecule has 1 rings (SSSR count). The van der Waals surface area contributed by atoms with Crippen LogP contribution in [-0.4, -0.2) is 17.1 Å². The minimum atomic E-state index is -2.48. The fourth-order valence-electron chi connectivity index (χ4n) is 2.56. The zero-order chi connectivity index (χ0) is 11.5. The van der Waals surface area contributed by atoms with Gasteiger partial charge in [-0.2, -0.15) is 0 Å². The smallest absolute Gasteiger partial charge is 0.248 e. The quantitative estimate of drug-likeness (QED) is 0.767. The van der Waals surface area contributed by atoms with Gasteiger partial charge in [0.2, 0.25) is 5.92 Å². The number of aliphatic hydroxyl groups excluding tert-OH is 1. The number of rotatable bonds is 4. The van der Waals surface area contributed by atoms with Crippen LogP contribution in [-0.2, 0) is 0 Å². The van der Waals surface area contributed by atoms with Crippen LogP contribution in [0.25, 0.3) is 0 Å². The summed E-state index contributed by atoms with van der Waals surface area (Å²) >= 11 is 0. The molecule has 1 aliphatic carbocycles. The van der Waals surface area contributed by atoms with Crippen LogP contribution < -0.4 is 0 Å². The van der Waals surface area contributed by atoms with Crippen LogP contribution in [0.15, 0.2) is 0 Å². The van der Waals surface area contributed by atoms with Gasteiger partial charge in [0.05, 0.1) is 6.10 Å². The van der Waals surface area contributed by atoms with Gasteiger partial charge in [0, 0.05) is 12.8 Å². The van der Waals surface area contributed by atoms with E-state index in [2.05, 4.69) is 13.8 Å². The largest absolute Gasteiger partial charge is 0.393 e. The SMILES string of the molecule is CCC(CC)C(O)C1CCC(F)(F)CC1. The van der Waals surface area contributed by atoms with Crippen molar-refractivity contribution in [1.82, 2.24) is 0 Å². The van der Waals surface area contributed by atoms with E-state index >= 15 is 0 Å². The second kappa shape index (κ2) is 5.24. The van der Waals surface area contributed by atoms with Gasteiger partial charge in [-0.15, -0.1) is 0 Å². The lowest BCUT2D eigenvalue weighted by Gasteiger charge is -2.34. The van der Waals surface area contributed by atoms with Gasteiger partial charge >= 0.3 is 0 Å². The molecule has 0 radical (unpaired) electrons. The van der Waals surface area contributed by atoms with E-state index in [1.54, 1.807) is 0 Å². The first-order chi connectivity index (χ1) is 7.00. The number of hydrogen-bond acceptors (Lipinski definition) is 1. The highest BCUT2D eigenvalue weighted by molar-refractivity contribution is 4.83. The molecule has 0 saturated heterocycles. The molecule has 1 N–H and O–H groups in total. The number of alkyl halides is 2. The molecule has 0 aliphatic heterocycles. The van der Waals surface area contributed by atoms with Gasteiger partial charge < -0.3 is 5.11 Å². The molecule has 90 valence electrons. The first-order valence-corrected chi connectivity index (χ1v) is 6.06. The Labute approximate surface area is 90.9 Å². The van der Waals surface area contributed by atoms with Gasteiger partial charge in [-0.05, 0) is 24.7 Å². The van der Waals surface area contributed by atoms with Crippen molar-refractivity contribution >= 4 is 0 Å². The number of hydrogen-bond donors (Lipinski definition) is 1. The Hall–Kier alpha value is -0.180. The van der Waals surface area contributed by atoms with E-state index in [9.17, 15) is 13.9 Å². The highest BCUT2D eigenvalue weighted by atomic mass is 19.3. The number of aliphatic hydroxyl groups is 1. The molecule has 1 fully saturated rings. The lowest BCUT2D eigenvalue weighted by molar-refractivity contribution is -0.0708. The lowest BCUT2D eigenvalue weighted by atomic mass is 9.77. The molecule has 1 atom stereocenters. The summed E-state index contributed by atoms with van der Waals surface area (Å²) in [5, 5.41) is 10.1. The van der Waals surface area contributed by atoms with Gasteiger partial charge in [-0.3, -0.25) is 0 Å². The molecule has 0 heterocycles. The fourth-order valence-corrected chi connectivity index (χ4v) is 2.56. The minimum Gasteiger partial charge on any atom is -0.393 e. The van der Waals surface area contributed by atoms with E-state index in [0.29, 0.717) is 12.8 Å². The summed E-state index contributed by atoms with van der Waals surface area (Å²) in [5.74, 6) is -2.11. The molecule has 0 spiro atoms. The minimum absolute atomic E-state index is 0.0468. The molecule has 3 heteroatoms. The van der Waals surface area contributed by atoms with E-state index < -0.39 is 5.92 Å². The molecular weight excluding hydrogens is 198 g/mol. The van der Waals surface area contributed by atoms with E-state index in [-0.39, 0.29) is 30.8 Å². The highest BCUT2D eigenvalue weighted by Gasteiger charge is 2.38. The summed E-state index contributed by atoms with van der Waals surface area (Å²) in [7, 11) is 0. The Morgan fingerprint density at radius 3 is 2.07 bits per heavy atom. The molecule has 1 saturated carbocycles.